The summed E-state index contributed by atoms with van der Waals surface area (Å²) in [6, 6.07) is 7.79. The summed E-state index contributed by atoms with van der Waals surface area (Å²) in [5, 5.41) is 1.07. The van der Waals surface area contributed by atoms with Gasteiger partial charge in [-0.1, -0.05) is 30.4 Å². The van der Waals surface area contributed by atoms with Gasteiger partial charge in [0.05, 0.1) is 0 Å². The van der Waals surface area contributed by atoms with E-state index in [1.165, 1.54) is 0 Å². The first kappa shape index (κ1) is 8.26. The lowest BCUT2D eigenvalue weighted by molar-refractivity contribution is 0.603. The molecule has 0 saturated heterocycles. The molecule has 1 aromatic carbocycles. The normalized spacial score (nSPS) is 10.5. The first-order valence-corrected chi connectivity index (χ1v) is 4.39. The third-order valence-corrected chi connectivity index (χ3v) is 2.25. The summed E-state index contributed by atoms with van der Waals surface area (Å²) >= 11 is 4.87. The molecule has 3 heteroatoms. The number of thiocarbonyl (C=S) groups is 1. The third-order valence-electron chi connectivity index (χ3n) is 2.07. The van der Waals surface area contributed by atoms with Gasteiger partial charge >= 0.3 is 0 Å². The number of nitrogens with two attached hydrogens (primary N) is 1. The largest absolute Gasteiger partial charge is 0.453 e. The Balaban J connectivity index is 2.81. The van der Waals surface area contributed by atoms with Gasteiger partial charge < -0.3 is 10.2 Å². The average Bonchev–Trinajstić information content (AvgIpc) is 2.45. The van der Waals surface area contributed by atoms with Gasteiger partial charge in [0.2, 0.25) is 0 Å². The van der Waals surface area contributed by atoms with Crippen molar-refractivity contribution in [3.63, 3.8) is 0 Å². The molecule has 0 aliphatic carbocycles. The van der Waals surface area contributed by atoms with Gasteiger partial charge in [0.1, 0.15) is 10.6 Å². The Bertz CT molecular complexity index is 473. The Labute approximate surface area is 81.3 Å². The van der Waals surface area contributed by atoms with Crippen molar-refractivity contribution in [1.29, 1.82) is 0 Å². The minimum Gasteiger partial charge on any atom is -0.453 e. The highest BCUT2D eigenvalue weighted by Gasteiger charge is 2.10. The van der Waals surface area contributed by atoms with Crippen LogP contribution in [0.2, 0.25) is 0 Å². The van der Waals surface area contributed by atoms with E-state index in [-0.39, 0.29) is 0 Å². The Morgan fingerprint density at radius 3 is 2.69 bits per heavy atom. The molecular formula is C10H9NOS. The van der Waals surface area contributed by atoms with E-state index in [0.29, 0.717) is 10.7 Å². The predicted molar refractivity (Wildman–Crippen MR) is 56.8 cm³/mol. The summed E-state index contributed by atoms with van der Waals surface area (Å²) < 4.78 is 5.49. The summed E-state index contributed by atoms with van der Waals surface area (Å²) in [5.41, 5.74) is 7.37. The summed E-state index contributed by atoms with van der Waals surface area (Å²) in [7, 11) is 0. The van der Waals surface area contributed by atoms with Crippen LogP contribution in [0, 0.1) is 6.92 Å². The Morgan fingerprint density at radius 1 is 1.38 bits per heavy atom. The summed E-state index contributed by atoms with van der Waals surface area (Å²) in [6.45, 7) is 1.96. The van der Waals surface area contributed by atoms with E-state index < -0.39 is 0 Å². The van der Waals surface area contributed by atoms with E-state index >= 15 is 0 Å². The lowest BCUT2D eigenvalue weighted by Gasteiger charge is -1.91. The van der Waals surface area contributed by atoms with Crippen molar-refractivity contribution in [2.75, 3.05) is 0 Å². The van der Waals surface area contributed by atoms with Gasteiger partial charge in [-0.3, -0.25) is 0 Å². The molecule has 2 nitrogen and oxygen atoms in total. The van der Waals surface area contributed by atoms with Crippen LogP contribution in [-0.2, 0) is 0 Å². The molecule has 0 fully saturated rings. The van der Waals surface area contributed by atoms with E-state index in [4.69, 9.17) is 22.4 Å². The van der Waals surface area contributed by atoms with E-state index in [0.717, 1.165) is 16.5 Å². The number of aryl methyl sites for hydroxylation is 1. The zero-order chi connectivity index (χ0) is 9.42. The van der Waals surface area contributed by atoms with Crippen molar-refractivity contribution >= 4 is 28.2 Å². The highest BCUT2D eigenvalue weighted by molar-refractivity contribution is 7.80. The fraction of sp³-hybridized carbons (Fsp3) is 0.100. The van der Waals surface area contributed by atoms with Crippen LogP contribution >= 0.6 is 12.2 Å². The molecule has 2 rings (SSSR count). The molecule has 0 bridgehead atoms. The maximum atomic E-state index is 5.52. The van der Waals surface area contributed by atoms with Crippen LogP contribution in [0.25, 0.3) is 11.0 Å². The Kier molecular flexibility index (Phi) is 1.81. The highest BCUT2D eigenvalue weighted by Crippen LogP contribution is 2.24. The number of hydrogen-bond donors (Lipinski definition) is 1. The molecule has 1 aromatic heterocycles. The van der Waals surface area contributed by atoms with Crippen LogP contribution in [0.15, 0.2) is 28.7 Å². The molecule has 0 spiro atoms. The standard InChI is InChI=1S/C10H9NOS/c1-6-7-4-2-3-5-8(7)12-9(6)10(11)13/h2-5H,1H3,(H2,11,13). The van der Waals surface area contributed by atoms with Gasteiger partial charge in [-0.15, -0.1) is 0 Å². The zero-order valence-corrected chi connectivity index (χ0v) is 8.02. The van der Waals surface area contributed by atoms with Crippen LogP contribution < -0.4 is 5.73 Å². The molecule has 0 atom stereocenters. The number of benzene rings is 1. The van der Waals surface area contributed by atoms with E-state index in [9.17, 15) is 0 Å². The molecule has 0 radical (unpaired) electrons. The second-order valence-corrected chi connectivity index (χ2v) is 3.36. The molecule has 0 unspecified atom stereocenters. The van der Waals surface area contributed by atoms with Gasteiger partial charge in [-0.25, -0.2) is 0 Å². The first-order valence-electron chi connectivity index (χ1n) is 3.98. The molecule has 13 heavy (non-hydrogen) atoms. The molecule has 66 valence electrons. The van der Waals surface area contributed by atoms with Crippen molar-refractivity contribution in [3.8, 4) is 0 Å². The minimum atomic E-state index is 0.314. The molecule has 2 N–H and O–H groups in total. The smallest absolute Gasteiger partial charge is 0.165 e. The summed E-state index contributed by atoms with van der Waals surface area (Å²) in [4.78, 5) is 0.314. The summed E-state index contributed by atoms with van der Waals surface area (Å²) in [5.74, 6) is 0.621. The average molecular weight is 191 g/mol. The topological polar surface area (TPSA) is 39.2 Å². The lowest BCUT2D eigenvalue weighted by atomic mass is 10.1. The van der Waals surface area contributed by atoms with Crippen LogP contribution in [0.1, 0.15) is 11.3 Å². The fourth-order valence-electron chi connectivity index (χ4n) is 1.41. The van der Waals surface area contributed by atoms with E-state index in [1.807, 2.05) is 31.2 Å². The number of rotatable bonds is 1. The van der Waals surface area contributed by atoms with Crippen molar-refractivity contribution in [2.45, 2.75) is 6.92 Å². The molecule has 0 aliphatic rings. The molecule has 0 amide bonds. The molecule has 1 heterocycles. The van der Waals surface area contributed by atoms with Gasteiger partial charge in [0, 0.05) is 10.9 Å². The van der Waals surface area contributed by atoms with Crippen molar-refractivity contribution in [3.05, 3.63) is 35.6 Å². The Morgan fingerprint density at radius 2 is 2.08 bits per heavy atom. The number of furan rings is 1. The van der Waals surface area contributed by atoms with Gasteiger partial charge in [-0.05, 0) is 13.0 Å². The van der Waals surface area contributed by atoms with Crippen molar-refractivity contribution < 1.29 is 4.42 Å². The Hall–Kier alpha value is -1.35. The second-order valence-electron chi connectivity index (χ2n) is 2.92. The van der Waals surface area contributed by atoms with E-state index in [1.54, 1.807) is 0 Å². The molecule has 2 aromatic rings. The van der Waals surface area contributed by atoms with Gasteiger partial charge in [0.25, 0.3) is 0 Å². The molecule has 0 aliphatic heterocycles. The van der Waals surface area contributed by atoms with Crippen molar-refractivity contribution in [2.24, 2.45) is 5.73 Å². The minimum absolute atomic E-state index is 0.314. The molecule has 0 saturated carbocycles. The quantitative estimate of drug-likeness (QED) is 0.703. The van der Waals surface area contributed by atoms with Crippen molar-refractivity contribution in [1.82, 2.24) is 0 Å². The van der Waals surface area contributed by atoms with E-state index in [2.05, 4.69) is 0 Å². The first-order chi connectivity index (χ1) is 6.20. The summed E-state index contributed by atoms with van der Waals surface area (Å²) in [6.07, 6.45) is 0. The number of hydrogen-bond acceptors (Lipinski definition) is 2. The lowest BCUT2D eigenvalue weighted by Crippen LogP contribution is -2.09. The van der Waals surface area contributed by atoms with Crippen LogP contribution in [0.5, 0.6) is 0 Å². The zero-order valence-electron chi connectivity index (χ0n) is 7.20. The van der Waals surface area contributed by atoms with Crippen LogP contribution in [0.4, 0.5) is 0 Å². The molecular weight excluding hydrogens is 182 g/mol. The monoisotopic (exact) mass is 191 g/mol. The number of fused-ring (bicyclic) bond motifs is 1. The van der Waals surface area contributed by atoms with Gasteiger partial charge in [-0.2, -0.15) is 0 Å². The highest BCUT2D eigenvalue weighted by atomic mass is 32.1. The van der Waals surface area contributed by atoms with Crippen LogP contribution in [-0.4, -0.2) is 4.99 Å². The SMILES string of the molecule is Cc1c(C(N)=S)oc2ccccc12. The maximum absolute atomic E-state index is 5.52. The second kappa shape index (κ2) is 2.85. The predicted octanol–water partition coefficient (Wildman–Crippen LogP) is 2.38. The number of para-hydroxylation sites is 1. The fourth-order valence-corrected chi connectivity index (χ4v) is 1.60. The van der Waals surface area contributed by atoms with Crippen LogP contribution in [0.3, 0.4) is 0 Å². The maximum Gasteiger partial charge on any atom is 0.165 e. The van der Waals surface area contributed by atoms with Gasteiger partial charge in [0.15, 0.2) is 5.76 Å². The third kappa shape index (κ3) is 1.21.